The van der Waals surface area contributed by atoms with E-state index in [1.807, 2.05) is 0 Å². The van der Waals surface area contributed by atoms with Gasteiger partial charge in [-0.05, 0) is 19.1 Å². The third-order valence-corrected chi connectivity index (χ3v) is 6.91. The van der Waals surface area contributed by atoms with E-state index in [-0.39, 0.29) is 23.1 Å². The Bertz CT molecular complexity index is 1280. The van der Waals surface area contributed by atoms with Gasteiger partial charge in [0.1, 0.15) is 18.1 Å². The fourth-order valence-electron chi connectivity index (χ4n) is 2.61. The molecule has 3 aromatic rings. The minimum absolute atomic E-state index is 0.168. The molecular weight excluding hydrogens is 464 g/mol. The van der Waals surface area contributed by atoms with Gasteiger partial charge in [0.15, 0.2) is 19.8 Å². The van der Waals surface area contributed by atoms with Crippen LogP contribution in [0.3, 0.4) is 0 Å². The summed E-state index contributed by atoms with van der Waals surface area (Å²) in [6, 6.07) is 7.12. The number of aromatic nitrogens is 2. The summed E-state index contributed by atoms with van der Waals surface area (Å²) in [5, 5.41) is 4.25. The fourth-order valence-corrected chi connectivity index (χ4v) is 5.22. The molecule has 2 heterocycles. The number of nitrogens with zero attached hydrogens (tertiary/aromatic N) is 3. The summed E-state index contributed by atoms with van der Waals surface area (Å²) < 4.78 is 31.7. The number of fused-ring (bicyclic) bond motifs is 1. The van der Waals surface area contributed by atoms with Gasteiger partial charge in [0.25, 0.3) is 5.91 Å². The monoisotopic (exact) mass is 482 g/mol. The molecule has 164 valence electrons. The van der Waals surface area contributed by atoms with Crippen LogP contribution in [0.15, 0.2) is 40.8 Å². The number of nitrogens with one attached hydrogen (secondary N) is 1. The van der Waals surface area contributed by atoms with Gasteiger partial charge in [-0.2, -0.15) is 4.99 Å². The lowest BCUT2D eigenvalue weighted by Gasteiger charge is -2.05. The minimum Gasteiger partial charge on any atom is -0.465 e. The molecule has 0 bridgehead atoms. The first-order valence-electron chi connectivity index (χ1n) is 8.98. The molecule has 31 heavy (non-hydrogen) atoms. The fraction of sp³-hybridized carbons (Fsp3) is 0.278. The van der Waals surface area contributed by atoms with Crippen LogP contribution in [0.1, 0.15) is 6.92 Å². The van der Waals surface area contributed by atoms with Crippen molar-refractivity contribution in [3.63, 3.8) is 0 Å². The Morgan fingerprint density at radius 1 is 1.23 bits per heavy atom. The quantitative estimate of drug-likeness (QED) is 0.476. The number of sulfone groups is 1. The average molecular weight is 483 g/mol. The number of carbonyl (C=O) groups excluding carboxylic acids is 3. The molecular formula is C18H18N4O6S3. The first kappa shape index (κ1) is 22.8. The van der Waals surface area contributed by atoms with E-state index in [0.717, 1.165) is 27.4 Å². The lowest BCUT2D eigenvalue weighted by atomic mass is 10.3. The predicted molar refractivity (Wildman–Crippen MR) is 116 cm³/mol. The van der Waals surface area contributed by atoms with Crippen molar-refractivity contribution in [2.24, 2.45) is 4.99 Å². The van der Waals surface area contributed by atoms with Crippen molar-refractivity contribution in [2.75, 3.05) is 23.4 Å². The molecule has 0 aliphatic rings. The summed E-state index contributed by atoms with van der Waals surface area (Å²) in [5.41, 5.74) is 0.665. The summed E-state index contributed by atoms with van der Waals surface area (Å²) in [7, 11) is -4.05. The Hall–Kier alpha value is -2.90. The van der Waals surface area contributed by atoms with Crippen LogP contribution in [-0.2, 0) is 35.5 Å². The Balaban J connectivity index is 1.79. The van der Waals surface area contributed by atoms with E-state index in [0.29, 0.717) is 5.52 Å². The highest BCUT2D eigenvalue weighted by atomic mass is 32.2. The Kier molecular flexibility index (Phi) is 7.30. The Morgan fingerprint density at radius 2 is 2.00 bits per heavy atom. The van der Waals surface area contributed by atoms with Crippen LogP contribution in [0, 0.1) is 0 Å². The summed E-state index contributed by atoms with van der Waals surface area (Å²) >= 11 is 2.28. The van der Waals surface area contributed by atoms with Crippen LogP contribution in [0.5, 0.6) is 0 Å². The molecule has 1 aromatic carbocycles. The van der Waals surface area contributed by atoms with Gasteiger partial charge in [-0.1, -0.05) is 23.5 Å². The molecule has 13 heteroatoms. The van der Waals surface area contributed by atoms with Gasteiger partial charge in [-0.3, -0.25) is 14.4 Å². The number of anilines is 1. The number of esters is 1. The summed E-state index contributed by atoms with van der Waals surface area (Å²) in [6.45, 7) is 1.71. The van der Waals surface area contributed by atoms with Gasteiger partial charge < -0.3 is 14.6 Å². The Labute approximate surface area is 185 Å². The van der Waals surface area contributed by atoms with Crippen LogP contribution >= 0.6 is 22.7 Å². The highest BCUT2D eigenvalue weighted by Crippen LogP contribution is 2.17. The molecule has 0 aliphatic heterocycles. The van der Waals surface area contributed by atoms with Crippen LogP contribution in [0.25, 0.3) is 10.2 Å². The normalized spacial score (nSPS) is 12.1. The second kappa shape index (κ2) is 9.94. The molecule has 2 amide bonds. The maximum Gasteiger partial charge on any atom is 0.326 e. The second-order valence-electron chi connectivity index (χ2n) is 6.17. The summed E-state index contributed by atoms with van der Waals surface area (Å²) in [4.78, 5) is 44.1. The van der Waals surface area contributed by atoms with Crippen LogP contribution in [0.4, 0.5) is 5.13 Å². The van der Waals surface area contributed by atoms with Crippen molar-refractivity contribution in [1.29, 1.82) is 0 Å². The third kappa shape index (κ3) is 6.29. The van der Waals surface area contributed by atoms with E-state index in [9.17, 15) is 22.8 Å². The Morgan fingerprint density at radius 3 is 2.71 bits per heavy atom. The molecule has 0 fully saturated rings. The first-order chi connectivity index (χ1) is 14.8. The summed E-state index contributed by atoms with van der Waals surface area (Å²) in [5.74, 6) is -4.05. The second-order valence-corrected chi connectivity index (χ2v) is 10.1. The van der Waals surface area contributed by atoms with Crippen molar-refractivity contribution in [2.45, 2.75) is 13.5 Å². The molecule has 3 rings (SSSR count). The lowest BCUT2D eigenvalue weighted by Crippen LogP contribution is -2.28. The molecule has 10 nitrogen and oxygen atoms in total. The minimum atomic E-state index is -4.05. The maximum atomic E-state index is 12.4. The van der Waals surface area contributed by atoms with E-state index >= 15 is 0 Å². The molecule has 0 aliphatic carbocycles. The lowest BCUT2D eigenvalue weighted by molar-refractivity contribution is -0.143. The van der Waals surface area contributed by atoms with Gasteiger partial charge in [0, 0.05) is 11.6 Å². The van der Waals surface area contributed by atoms with Crippen molar-refractivity contribution < 1.29 is 27.5 Å². The maximum absolute atomic E-state index is 12.4. The zero-order chi connectivity index (χ0) is 22.4. The number of hydrogen-bond donors (Lipinski definition) is 1. The number of benzene rings is 1. The number of rotatable bonds is 8. The zero-order valence-electron chi connectivity index (χ0n) is 16.3. The van der Waals surface area contributed by atoms with Gasteiger partial charge in [0.2, 0.25) is 5.91 Å². The van der Waals surface area contributed by atoms with Gasteiger partial charge in [0.05, 0.1) is 16.8 Å². The van der Waals surface area contributed by atoms with E-state index in [1.54, 1.807) is 36.6 Å². The zero-order valence-corrected chi connectivity index (χ0v) is 18.8. The largest absolute Gasteiger partial charge is 0.465 e. The van der Waals surface area contributed by atoms with Gasteiger partial charge in [-0.15, -0.1) is 11.3 Å². The first-order valence-corrected chi connectivity index (χ1v) is 12.5. The topological polar surface area (TPSA) is 137 Å². The molecule has 1 N–H and O–H groups in total. The van der Waals surface area contributed by atoms with E-state index < -0.39 is 39.1 Å². The number of ether oxygens (including phenoxy) is 1. The number of carbonyl (C=O) groups is 3. The smallest absolute Gasteiger partial charge is 0.326 e. The number of thiazole rings is 2. The predicted octanol–water partition coefficient (Wildman–Crippen LogP) is 1.20. The molecule has 0 radical (unpaired) electrons. The molecule has 0 saturated heterocycles. The van der Waals surface area contributed by atoms with Crippen LogP contribution in [0.2, 0.25) is 0 Å². The van der Waals surface area contributed by atoms with Crippen LogP contribution in [-0.4, -0.2) is 53.9 Å². The highest BCUT2D eigenvalue weighted by Gasteiger charge is 2.22. The van der Waals surface area contributed by atoms with Crippen molar-refractivity contribution >= 4 is 65.6 Å². The van der Waals surface area contributed by atoms with E-state index in [1.165, 1.54) is 10.8 Å². The highest BCUT2D eigenvalue weighted by molar-refractivity contribution is 7.92. The van der Waals surface area contributed by atoms with Gasteiger partial charge >= 0.3 is 5.97 Å². The molecule has 0 saturated carbocycles. The van der Waals surface area contributed by atoms with Crippen molar-refractivity contribution in [3.8, 4) is 0 Å². The van der Waals surface area contributed by atoms with Crippen LogP contribution < -0.4 is 10.1 Å². The molecule has 0 atom stereocenters. The molecule has 0 unspecified atom stereocenters. The van der Waals surface area contributed by atoms with Crippen molar-refractivity contribution in [1.82, 2.24) is 9.55 Å². The number of hydrogen-bond acceptors (Lipinski definition) is 9. The van der Waals surface area contributed by atoms with E-state index in [2.05, 4.69) is 15.3 Å². The number of amides is 2. The van der Waals surface area contributed by atoms with Crippen molar-refractivity contribution in [3.05, 3.63) is 40.6 Å². The third-order valence-electron chi connectivity index (χ3n) is 3.77. The van der Waals surface area contributed by atoms with Gasteiger partial charge in [-0.25, -0.2) is 13.4 Å². The van der Waals surface area contributed by atoms with E-state index in [4.69, 9.17) is 4.74 Å². The standard InChI is InChI=1S/C18H18N4O6S3/c1-2-28-16(25)9-22-12-5-3-4-6-13(12)30-18(22)21-15(24)11-31(26,27)10-14(23)20-17-19-7-8-29-17/h3-8H,2,9-11H2,1H3,(H,19,20,23). The molecule has 0 spiro atoms. The summed E-state index contributed by atoms with van der Waals surface area (Å²) in [6.07, 6.45) is 1.47. The number of para-hydroxylation sites is 1. The SMILES string of the molecule is CCOC(=O)Cn1c(=NC(=O)CS(=O)(=O)CC(=O)Nc2nccs2)sc2ccccc21. The average Bonchev–Trinajstić information content (AvgIpc) is 3.29. The molecule has 2 aromatic heterocycles.